The minimum atomic E-state index is 0.258. The molecular formula is C22H20ClN5O. The van der Waals surface area contributed by atoms with Gasteiger partial charge in [-0.15, -0.1) is 0 Å². The first-order valence-electron chi connectivity index (χ1n) is 9.59. The van der Waals surface area contributed by atoms with Crippen LogP contribution in [0.5, 0.6) is 5.75 Å². The lowest BCUT2D eigenvalue weighted by atomic mass is 10.2. The number of allylic oxidation sites excluding steroid dienone is 1. The van der Waals surface area contributed by atoms with Crippen LogP contribution < -0.4 is 10.1 Å². The molecule has 1 aromatic carbocycles. The Kier molecular flexibility index (Phi) is 4.56. The van der Waals surface area contributed by atoms with E-state index in [9.17, 15) is 0 Å². The van der Waals surface area contributed by atoms with Crippen molar-refractivity contribution < 1.29 is 4.74 Å². The normalized spacial score (nSPS) is 16.3. The number of benzene rings is 1. The van der Waals surface area contributed by atoms with Crippen LogP contribution in [-0.2, 0) is 0 Å². The number of nitrogens with one attached hydrogen (secondary N) is 1. The molecule has 6 nitrogen and oxygen atoms in total. The topological polar surface area (TPSA) is 64.9 Å². The molecule has 0 fully saturated rings. The van der Waals surface area contributed by atoms with E-state index >= 15 is 0 Å². The summed E-state index contributed by atoms with van der Waals surface area (Å²) in [5, 5.41) is 5.54. The number of halogens is 1. The molecule has 0 spiro atoms. The standard InChI is InChI=1S/C22H20ClN5O/c1-24-20-7-4-15-3-6-17(11-19(15)27-20)29-12-14-2-5-16(10-14)28-9-8-18-21(23)25-13-26-22(18)28/h3-4,6-11,13,16H,2,5,12H2,1H3,(H,24,27). The predicted molar refractivity (Wildman–Crippen MR) is 116 cm³/mol. The smallest absolute Gasteiger partial charge is 0.145 e. The van der Waals surface area contributed by atoms with E-state index in [1.165, 1.54) is 11.9 Å². The summed E-state index contributed by atoms with van der Waals surface area (Å²) in [6, 6.07) is 12.3. The van der Waals surface area contributed by atoms with Gasteiger partial charge in [0.2, 0.25) is 0 Å². The highest BCUT2D eigenvalue weighted by Gasteiger charge is 2.20. The molecule has 0 amide bonds. The van der Waals surface area contributed by atoms with Crippen molar-refractivity contribution in [3.05, 3.63) is 65.7 Å². The molecule has 7 heteroatoms. The zero-order chi connectivity index (χ0) is 19.8. The molecule has 1 N–H and O–H groups in total. The fraction of sp³-hybridized carbons (Fsp3) is 0.227. The number of ether oxygens (including phenoxy) is 1. The van der Waals surface area contributed by atoms with Crippen LogP contribution in [-0.4, -0.2) is 33.2 Å². The summed E-state index contributed by atoms with van der Waals surface area (Å²) >= 11 is 6.17. The van der Waals surface area contributed by atoms with Crippen LogP contribution in [0, 0.1) is 0 Å². The summed E-state index contributed by atoms with van der Waals surface area (Å²) in [4.78, 5) is 13.0. The molecule has 5 rings (SSSR count). The molecule has 0 saturated carbocycles. The molecule has 0 saturated heterocycles. The van der Waals surface area contributed by atoms with Gasteiger partial charge in [0.1, 0.15) is 35.3 Å². The van der Waals surface area contributed by atoms with Gasteiger partial charge < -0.3 is 14.6 Å². The van der Waals surface area contributed by atoms with Crippen LogP contribution in [0.4, 0.5) is 5.82 Å². The van der Waals surface area contributed by atoms with Gasteiger partial charge in [0.15, 0.2) is 0 Å². The number of hydrogen-bond donors (Lipinski definition) is 1. The average Bonchev–Trinajstić information content (AvgIpc) is 3.39. The van der Waals surface area contributed by atoms with E-state index in [2.05, 4.69) is 37.0 Å². The van der Waals surface area contributed by atoms with E-state index in [1.807, 2.05) is 43.6 Å². The number of pyridine rings is 1. The van der Waals surface area contributed by atoms with E-state index in [-0.39, 0.29) is 6.04 Å². The highest BCUT2D eigenvalue weighted by Crippen LogP contribution is 2.32. The third-order valence-corrected chi connectivity index (χ3v) is 5.65. The number of rotatable bonds is 5. The van der Waals surface area contributed by atoms with E-state index < -0.39 is 0 Å². The van der Waals surface area contributed by atoms with Crippen molar-refractivity contribution in [1.82, 2.24) is 19.5 Å². The van der Waals surface area contributed by atoms with E-state index in [0.29, 0.717) is 11.8 Å². The number of fused-ring (bicyclic) bond motifs is 2. The molecule has 0 bridgehead atoms. The zero-order valence-corrected chi connectivity index (χ0v) is 16.7. The SMILES string of the molecule is CNc1ccc2ccc(OCC3=CC(n4ccc5c(Cl)ncnc54)CC3)cc2n1. The first kappa shape index (κ1) is 17.9. The lowest BCUT2D eigenvalue weighted by Crippen LogP contribution is -2.03. The molecule has 3 heterocycles. The van der Waals surface area contributed by atoms with Crippen molar-refractivity contribution in [2.75, 3.05) is 19.0 Å². The van der Waals surface area contributed by atoms with Gasteiger partial charge in [-0.25, -0.2) is 15.0 Å². The van der Waals surface area contributed by atoms with Crippen molar-refractivity contribution >= 4 is 39.4 Å². The van der Waals surface area contributed by atoms with Gasteiger partial charge in [-0.2, -0.15) is 0 Å². The molecular weight excluding hydrogens is 386 g/mol. The Balaban J connectivity index is 1.32. The highest BCUT2D eigenvalue weighted by molar-refractivity contribution is 6.33. The maximum atomic E-state index is 6.17. The van der Waals surface area contributed by atoms with Gasteiger partial charge in [0.25, 0.3) is 0 Å². The molecule has 3 aromatic heterocycles. The van der Waals surface area contributed by atoms with Gasteiger partial charge in [-0.05, 0) is 48.7 Å². The molecule has 0 radical (unpaired) electrons. The summed E-state index contributed by atoms with van der Waals surface area (Å²) in [5.41, 5.74) is 3.08. The Morgan fingerprint density at radius 3 is 3.00 bits per heavy atom. The fourth-order valence-corrected chi connectivity index (χ4v) is 4.01. The number of aromatic nitrogens is 4. The van der Waals surface area contributed by atoms with Crippen molar-refractivity contribution in [2.45, 2.75) is 18.9 Å². The van der Waals surface area contributed by atoms with Crippen LogP contribution in [0.2, 0.25) is 5.15 Å². The minimum Gasteiger partial charge on any atom is -0.489 e. The molecule has 1 atom stereocenters. The Bertz CT molecular complexity index is 1230. The van der Waals surface area contributed by atoms with Crippen LogP contribution in [0.15, 0.2) is 60.6 Å². The third kappa shape index (κ3) is 3.40. The Morgan fingerprint density at radius 2 is 2.10 bits per heavy atom. The molecule has 29 heavy (non-hydrogen) atoms. The lowest BCUT2D eigenvalue weighted by Gasteiger charge is -2.10. The van der Waals surface area contributed by atoms with Gasteiger partial charge in [-0.1, -0.05) is 17.7 Å². The van der Waals surface area contributed by atoms with E-state index in [4.69, 9.17) is 16.3 Å². The van der Waals surface area contributed by atoms with E-state index in [1.54, 1.807) is 0 Å². The van der Waals surface area contributed by atoms with Crippen molar-refractivity contribution in [3.8, 4) is 5.75 Å². The number of nitrogens with zero attached hydrogens (tertiary/aromatic N) is 4. The molecule has 1 aliphatic rings. The Hall–Kier alpha value is -3.12. The average molecular weight is 406 g/mol. The summed E-state index contributed by atoms with van der Waals surface area (Å²) in [6.07, 6.45) is 7.84. The van der Waals surface area contributed by atoms with Crippen LogP contribution in [0.3, 0.4) is 0 Å². The summed E-state index contributed by atoms with van der Waals surface area (Å²) in [7, 11) is 1.87. The number of hydrogen-bond acceptors (Lipinski definition) is 5. The predicted octanol–water partition coefficient (Wildman–Crippen LogP) is 5.01. The fourth-order valence-electron chi connectivity index (χ4n) is 3.82. The minimum absolute atomic E-state index is 0.258. The molecule has 4 aromatic rings. The largest absolute Gasteiger partial charge is 0.489 e. The maximum Gasteiger partial charge on any atom is 0.145 e. The van der Waals surface area contributed by atoms with Crippen LogP contribution in [0.25, 0.3) is 21.9 Å². The summed E-state index contributed by atoms with van der Waals surface area (Å²) in [5.74, 6) is 1.67. The maximum absolute atomic E-state index is 6.17. The second-order valence-corrected chi connectivity index (χ2v) is 7.50. The van der Waals surface area contributed by atoms with Crippen LogP contribution >= 0.6 is 11.6 Å². The molecule has 1 aliphatic carbocycles. The Morgan fingerprint density at radius 1 is 1.21 bits per heavy atom. The van der Waals surface area contributed by atoms with Crippen molar-refractivity contribution in [2.24, 2.45) is 0 Å². The van der Waals surface area contributed by atoms with Gasteiger partial charge in [-0.3, -0.25) is 0 Å². The summed E-state index contributed by atoms with van der Waals surface area (Å²) in [6.45, 7) is 0.572. The Labute approximate surface area is 173 Å². The van der Waals surface area contributed by atoms with E-state index in [0.717, 1.165) is 46.3 Å². The monoisotopic (exact) mass is 405 g/mol. The first-order valence-corrected chi connectivity index (χ1v) is 9.97. The number of anilines is 1. The van der Waals surface area contributed by atoms with Crippen molar-refractivity contribution in [1.29, 1.82) is 0 Å². The van der Waals surface area contributed by atoms with Gasteiger partial charge in [0, 0.05) is 24.7 Å². The second kappa shape index (κ2) is 7.37. The molecule has 146 valence electrons. The van der Waals surface area contributed by atoms with Gasteiger partial charge in [0.05, 0.1) is 16.9 Å². The quantitative estimate of drug-likeness (QED) is 0.373. The lowest BCUT2D eigenvalue weighted by molar-refractivity contribution is 0.349. The van der Waals surface area contributed by atoms with Crippen molar-refractivity contribution in [3.63, 3.8) is 0 Å². The van der Waals surface area contributed by atoms with Gasteiger partial charge >= 0.3 is 0 Å². The zero-order valence-electron chi connectivity index (χ0n) is 16.0. The first-order chi connectivity index (χ1) is 14.2. The molecule has 1 unspecified atom stereocenters. The van der Waals surface area contributed by atoms with Crippen LogP contribution in [0.1, 0.15) is 18.9 Å². The summed E-state index contributed by atoms with van der Waals surface area (Å²) < 4.78 is 8.22. The second-order valence-electron chi connectivity index (χ2n) is 7.15. The third-order valence-electron chi connectivity index (χ3n) is 5.35. The molecule has 0 aliphatic heterocycles. The highest BCUT2D eigenvalue weighted by atomic mass is 35.5.